The molecule has 0 spiro atoms. The Bertz CT molecular complexity index is 845. The molecule has 0 saturated carbocycles. The van der Waals surface area contributed by atoms with Crippen LogP contribution in [0.15, 0.2) is 58.3 Å². The predicted octanol–water partition coefficient (Wildman–Crippen LogP) is 3.74. The Morgan fingerprint density at radius 3 is 2.58 bits per heavy atom. The summed E-state index contributed by atoms with van der Waals surface area (Å²) in [6.07, 6.45) is 1.82. The molecule has 0 fully saturated rings. The maximum Gasteiger partial charge on any atom is 0.326 e. The Hall–Kier alpha value is -2.73. The topological polar surface area (TPSA) is 55.8 Å². The van der Waals surface area contributed by atoms with Crippen LogP contribution in [0.2, 0.25) is 0 Å². The van der Waals surface area contributed by atoms with Gasteiger partial charge in [-0.1, -0.05) is 36.0 Å². The van der Waals surface area contributed by atoms with E-state index in [1.165, 1.54) is 16.7 Å². The van der Waals surface area contributed by atoms with Crippen LogP contribution in [-0.2, 0) is 14.3 Å². The van der Waals surface area contributed by atoms with Gasteiger partial charge in [0.2, 0.25) is 0 Å². The van der Waals surface area contributed by atoms with Crippen molar-refractivity contribution in [1.29, 1.82) is 0 Å². The number of methoxy groups -OCH3 is 1. The van der Waals surface area contributed by atoms with Gasteiger partial charge in [-0.3, -0.25) is 14.5 Å². The van der Waals surface area contributed by atoms with E-state index in [1.54, 1.807) is 14.0 Å². The highest BCUT2D eigenvalue weighted by Gasteiger charge is 2.30. The number of nitrogens with zero attached hydrogens (tertiary/aromatic N) is 1. The minimum Gasteiger partial charge on any atom is -0.497 e. The van der Waals surface area contributed by atoms with Gasteiger partial charge in [-0.05, 0) is 42.8 Å². The summed E-state index contributed by atoms with van der Waals surface area (Å²) in [7, 11) is 1.61. The highest BCUT2D eigenvalue weighted by molar-refractivity contribution is 8.04. The molecule has 0 unspecified atom stereocenters. The zero-order valence-electron chi connectivity index (χ0n) is 14.6. The van der Waals surface area contributed by atoms with E-state index in [9.17, 15) is 9.59 Å². The minimum atomic E-state index is -0.425. The number of carbonyl (C=O) groups excluding carboxylic acids is 2. The van der Waals surface area contributed by atoms with Crippen LogP contribution < -0.4 is 9.64 Å². The van der Waals surface area contributed by atoms with Crippen molar-refractivity contribution in [3.63, 3.8) is 0 Å². The first kappa shape index (κ1) is 18.1. The van der Waals surface area contributed by atoms with Gasteiger partial charge in [0.15, 0.2) is 0 Å². The van der Waals surface area contributed by atoms with Gasteiger partial charge in [0, 0.05) is 4.90 Å². The highest BCUT2D eigenvalue weighted by Crippen LogP contribution is 2.41. The van der Waals surface area contributed by atoms with Crippen LogP contribution in [0.1, 0.15) is 12.5 Å². The normalized spacial score (nSPS) is 14.9. The highest BCUT2D eigenvalue weighted by atomic mass is 32.2. The fourth-order valence-electron chi connectivity index (χ4n) is 2.61. The van der Waals surface area contributed by atoms with Crippen molar-refractivity contribution in [2.45, 2.75) is 11.8 Å². The monoisotopic (exact) mass is 369 g/mol. The van der Waals surface area contributed by atoms with E-state index in [2.05, 4.69) is 0 Å². The molecule has 26 heavy (non-hydrogen) atoms. The smallest absolute Gasteiger partial charge is 0.326 e. The Kier molecular flexibility index (Phi) is 5.63. The number of fused-ring (bicyclic) bond motifs is 1. The second-order valence-electron chi connectivity index (χ2n) is 5.55. The van der Waals surface area contributed by atoms with E-state index >= 15 is 0 Å². The quantitative estimate of drug-likeness (QED) is 0.594. The van der Waals surface area contributed by atoms with Crippen molar-refractivity contribution in [3.05, 3.63) is 59.0 Å². The maximum absolute atomic E-state index is 13.0. The second kappa shape index (κ2) is 8.10. The van der Waals surface area contributed by atoms with Gasteiger partial charge < -0.3 is 9.47 Å². The number of ether oxygens (including phenoxy) is 2. The van der Waals surface area contributed by atoms with Crippen LogP contribution in [0.25, 0.3) is 6.08 Å². The number of esters is 1. The minimum absolute atomic E-state index is 0.107. The summed E-state index contributed by atoms with van der Waals surface area (Å²) in [6.45, 7) is 1.92. The molecular formula is C20H19NO4S. The molecular weight excluding hydrogens is 350 g/mol. The third-order valence-electron chi connectivity index (χ3n) is 3.84. The fraction of sp³-hybridized carbons (Fsp3) is 0.200. The number of thioether (sulfide) groups is 1. The Morgan fingerprint density at radius 2 is 1.88 bits per heavy atom. The number of carbonyl (C=O) groups is 2. The first-order valence-corrected chi connectivity index (χ1v) is 9.04. The molecule has 0 saturated heterocycles. The summed E-state index contributed by atoms with van der Waals surface area (Å²) >= 11 is 1.40. The van der Waals surface area contributed by atoms with Gasteiger partial charge in [0.25, 0.3) is 5.91 Å². The van der Waals surface area contributed by atoms with Crippen molar-refractivity contribution in [3.8, 4) is 5.75 Å². The summed E-state index contributed by atoms with van der Waals surface area (Å²) in [4.78, 5) is 27.9. The van der Waals surface area contributed by atoms with E-state index < -0.39 is 5.97 Å². The Labute approximate surface area is 156 Å². The van der Waals surface area contributed by atoms with E-state index in [1.807, 2.05) is 54.6 Å². The van der Waals surface area contributed by atoms with Crippen LogP contribution in [0.4, 0.5) is 5.69 Å². The Morgan fingerprint density at radius 1 is 1.15 bits per heavy atom. The summed E-state index contributed by atoms with van der Waals surface area (Å²) in [5.74, 6) is 0.118. The van der Waals surface area contributed by atoms with Crippen LogP contribution in [0.5, 0.6) is 5.75 Å². The van der Waals surface area contributed by atoms with E-state index in [0.717, 1.165) is 21.9 Å². The molecule has 0 bridgehead atoms. The molecule has 0 aromatic heterocycles. The molecule has 134 valence electrons. The van der Waals surface area contributed by atoms with Crippen molar-refractivity contribution in [2.75, 3.05) is 25.2 Å². The third-order valence-corrected chi connectivity index (χ3v) is 4.92. The molecule has 2 aromatic carbocycles. The van der Waals surface area contributed by atoms with Gasteiger partial charge >= 0.3 is 5.97 Å². The standard InChI is InChI=1S/C20H19NO4S/c1-3-25-19(22)13-21-16-6-4-5-7-17(16)26-18(20(21)23)12-14-8-10-15(24-2)11-9-14/h4-12H,3,13H2,1-2H3. The lowest BCUT2D eigenvalue weighted by molar-refractivity contribution is -0.142. The molecule has 1 aliphatic rings. The number of hydrogen-bond acceptors (Lipinski definition) is 5. The molecule has 0 N–H and O–H groups in total. The molecule has 5 nitrogen and oxygen atoms in total. The third kappa shape index (κ3) is 3.91. The fourth-order valence-corrected chi connectivity index (χ4v) is 3.67. The van der Waals surface area contributed by atoms with Gasteiger partial charge in [0.1, 0.15) is 12.3 Å². The molecule has 1 aliphatic heterocycles. The molecule has 6 heteroatoms. The van der Waals surface area contributed by atoms with Crippen molar-refractivity contribution in [1.82, 2.24) is 0 Å². The number of anilines is 1. The zero-order valence-corrected chi connectivity index (χ0v) is 15.4. The van der Waals surface area contributed by atoms with Crippen LogP contribution >= 0.6 is 11.8 Å². The van der Waals surface area contributed by atoms with E-state index in [4.69, 9.17) is 9.47 Å². The molecule has 0 aliphatic carbocycles. The van der Waals surface area contributed by atoms with Crippen molar-refractivity contribution in [2.24, 2.45) is 0 Å². The lowest BCUT2D eigenvalue weighted by Crippen LogP contribution is -2.39. The summed E-state index contributed by atoms with van der Waals surface area (Å²) in [5, 5.41) is 0. The van der Waals surface area contributed by atoms with Crippen LogP contribution in [0.3, 0.4) is 0 Å². The first-order valence-electron chi connectivity index (χ1n) is 8.22. The lowest BCUT2D eigenvalue weighted by Gasteiger charge is -2.29. The lowest BCUT2D eigenvalue weighted by atomic mass is 10.2. The zero-order chi connectivity index (χ0) is 18.5. The average molecular weight is 369 g/mol. The van der Waals surface area contributed by atoms with Crippen LogP contribution in [0, 0.1) is 0 Å². The molecule has 2 aromatic rings. The molecule has 0 atom stereocenters. The maximum atomic E-state index is 13.0. The number of hydrogen-bond donors (Lipinski definition) is 0. The van der Waals surface area contributed by atoms with Gasteiger partial charge in [-0.25, -0.2) is 0 Å². The largest absolute Gasteiger partial charge is 0.497 e. The average Bonchev–Trinajstić information content (AvgIpc) is 2.66. The summed E-state index contributed by atoms with van der Waals surface area (Å²) in [5.41, 5.74) is 1.61. The number of benzene rings is 2. The van der Waals surface area contributed by atoms with E-state index in [0.29, 0.717) is 4.91 Å². The van der Waals surface area contributed by atoms with Crippen LogP contribution in [-0.4, -0.2) is 32.1 Å². The van der Waals surface area contributed by atoms with Crippen molar-refractivity contribution < 1.29 is 19.1 Å². The molecule has 1 amide bonds. The van der Waals surface area contributed by atoms with Gasteiger partial charge in [0.05, 0.1) is 24.3 Å². The molecule has 0 radical (unpaired) electrons. The number of amides is 1. The Balaban J connectivity index is 1.94. The number of rotatable bonds is 5. The molecule has 3 rings (SSSR count). The van der Waals surface area contributed by atoms with E-state index in [-0.39, 0.29) is 19.1 Å². The first-order chi connectivity index (χ1) is 12.6. The van der Waals surface area contributed by atoms with Gasteiger partial charge in [-0.15, -0.1) is 0 Å². The SMILES string of the molecule is CCOC(=O)CN1C(=O)C(=Cc2ccc(OC)cc2)Sc2ccccc21. The second-order valence-corrected chi connectivity index (χ2v) is 6.63. The predicted molar refractivity (Wildman–Crippen MR) is 102 cm³/mol. The van der Waals surface area contributed by atoms with Crippen molar-refractivity contribution >= 4 is 35.4 Å². The summed E-state index contributed by atoms with van der Waals surface area (Å²) < 4.78 is 10.2. The summed E-state index contributed by atoms with van der Waals surface area (Å²) in [6, 6.07) is 15.0. The molecule has 1 heterocycles. The number of para-hydroxylation sites is 1. The van der Waals surface area contributed by atoms with Gasteiger partial charge in [-0.2, -0.15) is 0 Å².